The van der Waals surface area contributed by atoms with Crippen LogP contribution in [-0.2, 0) is 6.54 Å². The van der Waals surface area contributed by atoms with Gasteiger partial charge in [0.1, 0.15) is 0 Å². The molecule has 0 amide bonds. The van der Waals surface area contributed by atoms with Crippen molar-refractivity contribution in [3.05, 3.63) is 46.1 Å². The van der Waals surface area contributed by atoms with Gasteiger partial charge in [-0.3, -0.25) is 0 Å². The first kappa shape index (κ1) is 11.1. The maximum absolute atomic E-state index is 4.24. The van der Waals surface area contributed by atoms with Crippen LogP contribution in [0.1, 0.15) is 24.6 Å². The van der Waals surface area contributed by atoms with Crippen LogP contribution in [0.15, 0.2) is 36.8 Å². The highest BCUT2D eigenvalue weighted by Crippen LogP contribution is 2.35. The van der Waals surface area contributed by atoms with Crippen LogP contribution >= 0.6 is 22.6 Å². The molecule has 1 saturated carbocycles. The molecule has 1 N–H and O–H groups in total. The number of hydrogen-bond acceptors (Lipinski definition) is 2. The maximum Gasteiger partial charge on any atom is 0.0951 e. The van der Waals surface area contributed by atoms with Crippen LogP contribution in [-0.4, -0.2) is 9.55 Å². The maximum atomic E-state index is 4.24. The SMILES string of the molecule is Ic1ccccc1NCc1cncn1C1CC1. The topological polar surface area (TPSA) is 29.9 Å². The standard InChI is InChI=1S/C13H14IN3/c14-12-3-1-2-4-13(12)16-8-11-7-15-9-17(11)10-5-6-10/h1-4,7,9-10,16H,5-6,8H2. The molecular weight excluding hydrogens is 325 g/mol. The molecule has 1 aromatic carbocycles. The Balaban J connectivity index is 1.71. The third-order valence-electron chi connectivity index (χ3n) is 3.02. The fraction of sp³-hybridized carbons (Fsp3) is 0.308. The summed E-state index contributed by atoms with van der Waals surface area (Å²) in [5.74, 6) is 0. The second kappa shape index (κ2) is 4.68. The minimum Gasteiger partial charge on any atom is -0.379 e. The minimum atomic E-state index is 0.698. The normalized spacial score (nSPS) is 14.9. The molecule has 3 rings (SSSR count). The number of imidazole rings is 1. The Bertz CT molecular complexity index is 517. The van der Waals surface area contributed by atoms with E-state index in [1.54, 1.807) is 0 Å². The van der Waals surface area contributed by atoms with E-state index in [1.807, 2.05) is 12.5 Å². The van der Waals surface area contributed by atoms with Crippen molar-refractivity contribution < 1.29 is 0 Å². The Kier molecular flexibility index (Phi) is 3.05. The summed E-state index contributed by atoms with van der Waals surface area (Å²) >= 11 is 2.35. The molecule has 0 aliphatic heterocycles. The van der Waals surface area contributed by atoms with Crippen molar-refractivity contribution in [1.82, 2.24) is 9.55 Å². The second-order valence-electron chi connectivity index (χ2n) is 4.36. The number of rotatable bonds is 4. The summed E-state index contributed by atoms with van der Waals surface area (Å²) in [6.07, 6.45) is 6.50. The number of benzene rings is 1. The zero-order valence-corrected chi connectivity index (χ0v) is 11.6. The fourth-order valence-corrected chi connectivity index (χ4v) is 2.52. The Labute approximate surface area is 114 Å². The summed E-state index contributed by atoms with van der Waals surface area (Å²) < 4.78 is 3.55. The van der Waals surface area contributed by atoms with Crippen LogP contribution < -0.4 is 5.32 Å². The van der Waals surface area contributed by atoms with Crippen molar-refractivity contribution in [2.75, 3.05) is 5.32 Å². The molecule has 1 aromatic heterocycles. The van der Waals surface area contributed by atoms with Crippen molar-refractivity contribution in [2.24, 2.45) is 0 Å². The van der Waals surface area contributed by atoms with Gasteiger partial charge in [0.05, 0.1) is 18.6 Å². The van der Waals surface area contributed by atoms with Crippen molar-refractivity contribution in [1.29, 1.82) is 0 Å². The van der Waals surface area contributed by atoms with Crippen molar-refractivity contribution in [3.8, 4) is 0 Å². The third kappa shape index (κ3) is 2.46. The lowest BCUT2D eigenvalue weighted by Gasteiger charge is -2.10. The fourth-order valence-electron chi connectivity index (χ4n) is 1.94. The minimum absolute atomic E-state index is 0.698. The number of anilines is 1. The lowest BCUT2D eigenvalue weighted by Crippen LogP contribution is -2.06. The number of hydrogen-bond donors (Lipinski definition) is 1. The zero-order chi connectivity index (χ0) is 11.7. The van der Waals surface area contributed by atoms with E-state index in [9.17, 15) is 0 Å². The number of aromatic nitrogens is 2. The Morgan fingerprint density at radius 1 is 1.35 bits per heavy atom. The molecule has 4 heteroatoms. The van der Waals surface area contributed by atoms with Gasteiger partial charge in [-0.05, 0) is 47.6 Å². The number of nitrogens with one attached hydrogen (secondary N) is 1. The van der Waals surface area contributed by atoms with E-state index >= 15 is 0 Å². The van der Waals surface area contributed by atoms with Gasteiger partial charge in [0.15, 0.2) is 0 Å². The highest BCUT2D eigenvalue weighted by atomic mass is 127. The largest absolute Gasteiger partial charge is 0.379 e. The first-order valence-electron chi connectivity index (χ1n) is 5.84. The summed E-state index contributed by atoms with van der Waals surface area (Å²) in [4.78, 5) is 4.24. The molecule has 1 aliphatic carbocycles. The average Bonchev–Trinajstić information content (AvgIpc) is 3.08. The van der Waals surface area contributed by atoms with E-state index < -0.39 is 0 Å². The predicted molar refractivity (Wildman–Crippen MR) is 77.0 cm³/mol. The predicted octanol–water partition coefficient (Wildman–Crippen LogP) is 3.43. The number of nitrogens with zero attached hydrogens (tertiary/aromatic N) is 2. The molecule has 1 aliphatic rings. The molecule has 3 nitrogen and oxygen atoms in total. The molecule has 88 valence electrons. The summed E-state index contributed by atoms with van der Waals surface area (Å²) in [7, 11) is 0. The van der Waals surface area contributed by atoms with Crippen LogP contribution in [0.4, 0.5) is 5.69 Å². The van der Waals surface area contributed by atoms with Crippen LogP contribution in [0.3, 0.4) is 0 Å². The zero-order valence-electron chi connectivity index (χ0n) is 9.44. The van der Waals surface area contributed by atoms with Gasteiger partial charge in [0, 0.05) is 21.5 Å². The third-order valence-corrected chi connectivity index (χ3v) is 3.96. The molecule has 17 heavy (non-hydrogen) atoms. The molecule has 0 radical (unpaired) electrons. The van der Waals surface area contributed by atoms with E-state index in [1.165, 1.54) is 27.8 Å². The Morgan fingerprint density at radius 3 is 2.94 bits per heavy atom. The van der Waals surface area contributed by atoms with Gasteiger partial charge in [-0.25, -0.2) is 4.98 Å². The molecule has 1 heterocycles. The van der Waals surface area contributed by atoms with Crippen molar-refractivity contribution in [2.45, 2.75) is 25.4 Å². The highest BCUT2D eigenvalue weighted by molar-refractivity contribution is 14.1. The summed E-state index contributed by atoms with van der Waals surface area (Å²) in [5, 5.41) is 3.47. The van der Waals surface area contributed by atoms with Gasteiger partial charge in [-0.15, -0.1) is 0 Å². The van der Waals surface area contributed by atoms with E-state index in [0.29, 0.717) is 6.04 Å². The first-order chi connectivity index (χ1) is 8.34. The highest BCUT2D eigenvalue weighted by Gasteiger charge is 2.24. The second-order valence-corrected chi connectivity index (χ2v) is 5.52. The van der Waals surface area contributed by atoms with Crippen LogP contribution in [0.2, 0.25) is 0 Å². The van der Waals surface area contributed by atoms with Gasteiger partial charge in [0.25, 0.3) is 0 Å². The smallest absolute Gasteiger partial charge is 0.0951 e. The van der Waals surface area contributed by atoms with Gasteiger partial charge < -0.3 is 9.88 Å². The number of halogens is 1. The Morgan fingerprint density at radius 2 is 2.18 bits per heavy atom. The first-order valence-corrected chi connectivity index (χ1v) is 6.91. The molecule has 0 spiro atoms. The average molecular weight is 339 g/mol. The van der Waals surface area contributed by atoms with E-state index in [-0.39, 0.29) is 0 Å². The summed E-state index contributed by atoms with van der Waals surface area (Å²) in [6, 6.07) is 9.04. The van der Waals surface area contributed by atoms with E-state index in [4.69, 9.17) is 0 Å². The van der Waals surface area contributed by atoms with Gasteiger partial charge in [-0.2, -0.15) is 0 Å². The summed E-state index contributed by atoms with van der Waals surface area (Å²) in [6.45, 7) is 0.844. The molecule has 0 bridgehead atoms. The number of para-hydroxylation sites is 1. The molecular formula is C13H14IN3. The molecule has 2 aromatic rings. The molecule has 0 unspecified atom stereocenters. The van der Waals surface area contributed by atoms with Crippen LogP contribution in [0.25, 0.3) is 0 Å². The van der Waals surface area contributed by atoms with Crippen LogP contribution in [0.5, 0.6) is 0 Å². The van der Waals surface area contributed by atoms with Crippen molar-refractivity contribution in [3.63, 3.8) is 0 Å². The van der Waals surface area contributed by atoms with Crippen molar-refractivity contribution >= 4 is 28.3 Å². The lowest BCUT2D eigenvalue weighted by atomic mass is 10.3. The quantitative estimate of drug-likeness (QED) is 0.865. The van der Waals surface area contributed by atoms with Gasteiger partial charge in [-0.1, -0.05) is 12.1 Å². The lowest BCUT2D eigenvalue weighted by molar-refractivity contribution is 0.701. The van der Waals surface area contributed by atoms with Gasteiger partial charge >= 0.3 is 0 Å². The molecule has 0 saturated heterocycles. The summed E-state index contributed by atoms with van der Waals surface area (Å²) in [5.41, 5.74) is 2.46. The molecule has 1 fully saturated rings. The van der Waals surface area contributed by atoms with E-state index in [0.717, 1.165) is 6.54 Å². The van der Waals surface area contributed by atoms with E-state index in [2.05, 4.69) is 61.7 Å². The van der Waals surface area contributed by atoms with Crippen LogP contribution in [0, 0.1) is 3.57 Å². The van der Waals surface area contributed by atoms with Gasteiger partial charge in [0.2, 0.25) is 0 Å². The Hall–Kier alpha value is -1.04. The molecule has 0 atom stereocenters. The monoisotopic (exact) mass is 339 g/mol.